The van der Waals surface area contributed by atoms with Gasteiger partial charge >= 0.3 is 6.09 Å². The summed E-state index contributed by atoms with van der Waals surface area (Å²) >= 11 is 0. The summed E-state index contributed by atoms with van der Waals surface area (Å²) in [4.78, 5) is 17.8. The van der Waals surface area contributed by atoms with E-state index in [0.717, 1.165) is 0 Å². The molecule has 1 unspecified atom stereocenters. The topological polar surface area (TPSA) is 80.5 Å². The van der Waals surface area contributed by atoms with E-state index in [0.29, 0.717) is 25.5 Å². The molecule has 7 nitrogen and oxygen atoms in total. The Balaban J connectivity index is 2.15. The third-order valence-electron chi connectivity index (χ3n) is 2.85. The van der Waals surface area contributed by atoms with Crippen molar-refractivity contribution in [1.29, 1.82) is 0 Å². The maximum Gasteiger partial charge on any atom is 0.410 e. The van der Waals surface area contributed by atoms with Gasteiger partial charge < -0.3 is 14.7 Å². The van der Waals surface area contributed by atoms with Crippen LogP contribution in [0.15, 0.2) is 6.33 Å². The van der Waals surface area contributed by atoms with Crippen LogP contribution in [0.3, 0.4) is 0 Å². The zero-order valence-electron chi connectivity index (χ0n) is 11.5. The van der Waals surface area contributed by atoms with Crippen LogP contribution >= 0.6 is 0 Å². The first-order valence-corrected chi connectivity index (χ1v) is 6.34. The Morgan fingerprint density at radius 3 is 2.89 bits per heavy atom. The molecule has 106 valence electrons. The van der Waals surface area contributed by atoms with Crippen LogP contribution in [0.2, 0.25) is 0 Å². The van der Waals surface area contributed by atoms with Crippen LogP contribution in [0.25, 0.3) is 0 Å². The molecule has 0 fully saturated rings. The Labute approximate surface area is 112 Å². The zero-order chi connectivity index (χ0) is 14.0. The molecule has 2 heterocycles. The second-order valence-electron chi connectivity index (χ2n) is 5.77. The first-order valence-electron chi connectivity index (χ1n) is 6.34. The molecule has 19 heavy (non-hydrogen) atoms. The number of fused-ring (bicyclic) bond motifs is 1. The SMILES string of the molecule is CC(C)(C)OC(=O)N1Cc2ncnn2CC(CO)C1. The number of hydrogen-bond donors (Lipinski definition) is 1. The summed E-state index contributed by atoms with van der Waals surface area (Å²) in [6.07, 6.45) is 1.07. The van der Waals surface area contributed by atoms with Gasteiger partial charge in [-0.1, -0.05) is 0 Å². The molecular formula is C12H20N4O3. The molecule has 0 aromatic carbocycles. The molecule has 0 radical (unpaired) electrons. The van der Waals surface area contributed by atoms with Crippen molar-refractivity contribution in [1.82, 2.24) is 19.7 Å². The third kappa shape index (κ3) is 3.44. The number of aliphatic hydroxyl groups is 1. The van der Waals surface area contributed by atoms with Gasteiger partial charge in [0.1, 0.15) is 17.8 Å². The summed E-state index contributed by atoms with van der Waals surface area (Å²) < 4.78 is 7.09. The molecule has 0 aliphatic carbocycles. The highest BCUT2D eigenvalue weighted by Gasteiger charge is 2.29. The average Bonchev–Trinajstić information content (AvgIpc) is 2.64. The molecule has 0 spiro atoms. The lowest BCUT2D eigenvalue weighted by atomic mass is 10.1. The molecule has 1 aliphatic heterocycles. The third-order valence-corrected chi connectivity index (χ3v) is 2.85. The predicted molar refractivity (Wildman–Crippen MR) is 67.2 cm³/mol. The Morgan fingerprint density at radius 1 is 1.53 bits per heavy atom. The zero-order valence-corrected chi connectivity index (χ0v) is 11.5. The number of rotatable bonds is 1. The number of carbonyl (C=O) groups excluding carboxylic acids is 1. The predicted octanol–water partition coefficient (Wildman–Crippen LogP) is 0.637. The van der Waals surface area contributed by atoms with Crippen molar-refractivity contribution in [3.63, 3.8) is 0 Å². The van der Waals surface area contributed by atoms with Crippen LogP contribution in [-0.2, 0) is 17.8 Å². The fourth-order valence-electron chi connectivity index (χ4n) is 1.99. The van der Waals surface area contributed by atoms with Crippen molar-refractivity contribution in [2.75, 3.05) is 13.2 Å². The number of ether oxygens (including phenoxy) is 1. The quantitative estimate of drug-likeness (QED) is 0.808. The standard InChI is InChI=1S/C12H20N4O3/c1-12(2,3)19-11(18)15-4-9(7-17)5-16-10(6-15)13-8-14-16/h8-9,17H,4-7H2,1-3H3. The number of aromatic nitrogens is 3. The van der Waals surface area contributed by atoms with Gasteiger partial charge in [0.05, 0.1) is 6.54 Å². The fourth-order valence-corrected chi connectivity index (χ4v) is 1.99. The van der Waals surface area contributed by atoms with E-state index in [-0.39, 0.29) is 18.6 Å². The lowest BCUT2D eigenvalue weighted by Gasteiger charge is -2.27. The van der Waals surface area contributed by atoms with Crippen molar-refractivity contribution >= 4 is 6.09 Å². The summed E-state index contributed by atoms with van der Waals surface area (Å²) in [6.45, 7) is 6.84. The Morgan fingerprint density at radius 2 is 2.26 bits per heavy atom. The van der Waals surface area contributed by atoms with Crippen LogP contribution in [0.1, 0.15) is 26.6 Å². The highest BCUT2D eigenvalue weighted by atomic mass is 16.6. The Bertz CT molecular complexity index is 452. The van der Waals surface area contributed by atoms with Gasteiger partial charge in [-0.15, -0.1) is 0 Å². The highest BCUT2D eigenvalue weighted by Crippen LogP contribution is 2.17. The molecule has 1 amide bonds. The number of hydrogen-bond acceptors (Lipinski definition) is 5. The monoisotopic (exact) mass is 268 g/mol. The normalized spacial score (nSPS) is 19.8. The van der Waals surface area contributed by atoms with Gasteiger partial charge in [-0.3, -0.25) is 0 Å². The van der Waals surface area contributed by atoms with Crippen molar-refractivity contribution in [3.8, 4) is 0 Å². The molecule has 2 rings (SSSR count). The molecule has 1 aromatic heterocycles. The minimum atomic E-state index is -0.536. The summed E-state index contributed by atoms with van der Waals surface area (Å²) in [5.41, 5.74) is -0.536. The van der Waals surface area contributed by atoms with Gasteiger partial charge in [0.2, 0.25) is 0 Å². The van der Waals surface area contributed by atoms with Gasteiger partial charge in [0.25, 0.3) is 0 Å². The summed E-state index contributed by atoms with van der Waals surface area (Å²) in [6, 6.07) is 0. The maximum atomic E-state index is 12.1. The van der Waals surface area contributed by atoms with Crippen LogP contribution in [0.4, 0.5) is 4.79 Å². The summed E-state index contributed by atoms with van der Waals surface area (Å²) in [7, 11) is 0. The first-order chi connectivity index (χ1) is 8.89. The van der Waals surface area contributed by atoms with Crippen LogP contribution in [0, 0.1) is 5.92 Å². The van der Waals surface area contributed by atoms with E-state index in [4.69, 9.17) is 4.74 Å². The molecule has 1 aromatic rings. The van der Waals surface area contributed by atoms with Crippen LogP contribution < -0.4 is 0 Å². The number of carbonyl (C=O) groups is 1. The van der Waals surface area contributed by atoms with Crippen molar-refractivity contribution in [2.24, 2.45) is 5.92 Å². The number of nitrogens with zero attached hydrogens (tertiary/aromatic N) is 4. The Hall–Kier alpha value is -1.63. The van der Waals surface area contributed by atoms with Gasteiger partial charge in [0.15, 0.2) is 0 Å². The lowest BCUT2D eigenvalue weighted by Crippen LogP contribution is -2.39. The second kappa shape index (κ2) is 5.16. The van der Waals surface area contributed by atoms with Gasteiger partial charge in [0, 0.05) is 25.6 Å². The Kier molecular flexibility index (Phi) is 3.75. The van der Waals surface area contributed by atoms with E-state index in [1.54, 1.807) is 9.58 Å². The van der Waals surface area contributed by atoms with E-state index in [2.05, 4.69) is 10.1 Å². The molecular weight excluding hydrogens is 248 g/mol. The smallest absolute Gasteiger partial charge is 0.410 e. The van der Waals surface area contributed by atoms with Crippen LogP contribution in [0.5, 0.6) is 0 Å². The van der Waals surface area contributed by atoms with Crippen molar-refractivity contribution in [3.05, 3.63) is 12.2 Å². The van der Waals surface area contributed by atoms with Crippen molar-refractivity contribution in [2.45, 2.75) is 39.5 Å². The molecule has 0 bridgehead atoms. The van der Waals surface area contributed by atoms with E-state index in [1.807, 2.05) is 20.8 Å². The van der Waals surface area contributed by atoms with E-state index >= 15 is 0 Å². The van der Waals surface area contributed by atoms with Gasteiger partial charge in [-0.2, -0.15) is 5.10 Å². The fraction of sp³-hybridized carbons (Fsp3) is 0.750. The highest BCUT2D eigenvalue weighted by molar-refractivity contribution is 5.68. The molecule has 1 atom stereocenters. The second-order valence-corrected chi connectivity index (χ2v) is 5.77. The minimum Gasteiger partial charge on any atom is -0.444 e. The van der Waals surface area contributed by atoms with E-state index < -0.39 is 5.60 Å². The van der Waals surface area contributed by atoms with Crippen molar-refractivity contribution < 1.29 is 14.6 Å². The number of amides is 1. The summed E-state index contributed by atoms with van der Waals surface area (Å²) in [5, 5.41) is 13.5. The maximum absolute atomic E-state index is 12.1. The molecule has 0 saturated carbocycles. The minimum absolute atomic E-state index is 0.00139. The van der Waals surface area contributed by atoms with E-state index in [9.17, 15) is 9.90 Å². The average molecular weight is 268 g/mol. The molecule has 1 N–H and O–H groups in total. The lowest BCUT2D eigenvalue weighted by molar-refractivity contribution is 0.0189. The van der Waals surface area contributed by atoms with Crippen LogP contribution in [-0.4, -0.2) is 49.6 Å². The first kappa shape index (κ1) is 13.8. The van der Waals surface area contributed by atoms with E-state index in [1.165, 1.54) is 6.33 Å². The molecule has 7 heteroatoms. The van der Waals surface area contributed by atoms with Gasteiger partial charge in [-0.25, -0.2) is 14.5 Å². The number of aliphatic hydroxyl groups excluding tert-OH is 1. The molecule has 0 saturated heterocycles. The molecule has 1 aliphatic rings. The summed E-state index contributed by atoms with van der Waals surface area (Å²) in [5.74, 6) is 0.650. The largest absolute Gasteiger partial charge is 0.444 e. The van der Waals surface area contributed by atoms with Gasteiger partial charge in [-0.05, 0) is 20.8 Å².